The van der Waals surface area contributed by atoms with Crippen LogP contribution in [-0.4, -0.2) is 32.3 Å². The largest absolute Gasteiger partial charge is 0.494 e. The Morgan fingerprint density at radius 3 is 2.44 bits per heavy atom. The van der Waals surface area contributed by atoms with E-state index in [0.29, 0.717) is 26.4 Å². The van der Waals surface area contributed by atoms with Gasteiger partial charge in [-0.1, -0.05) is 29.3 Å². The van der Waals surface area contributed by atoms with E-state index < -0.39 is 5.79 Å². The number of aryl methyl sites for hydroxylation is 3. The van der Waals surface area contributed by atoms with Gasteiger partial charge in [0.2, 0.25) is 0 Å². The van der Waals surface area contributed by atoms with Crippen molar-refractivity contribution in [2.75, 3.05) is 31.3 Å². The molecule has 27 heavy (non-hydrogen) atoms. The Labute approximate surface area is 159 Å². The normalized spacial score (nSPS) is 17.6. The first-order valence-corrected chi connectivity index (χ1v) is 9.42. The maximum Gasteiger partial charge on any atom is 0.292 e. The predicted octanol–water partition coefficient (Wildman–Crippen LogP) is 3.63. The van der Waals surface area contributed by atoms with Gasteiger partial charge in [0.25, 0.3) is 11.7 Å². The van der Waals surface area contributed by atoms with Crippen LogP contribution in [0, 0.1) is 20.8 Å². The van der Waals surface area contributed by atoms with Gasteiger partial charge in [0.15, 0.2) is 0 Å². The summed E-state index contributed by atoms with van der Waals surface area (Å²) >= 11 is 0. The van der Waals surface area contributed by atoms with E-state index in [1.165, 1.54) is 5.56 Å². The number of ether oxygens (including phenoxy) is 3. The second kappa shape index (κ2) is 6.98. The minimum atomic E-state index is -1.26. The summed E-state index contributed by atoms with van der Waals surface area (Å²) in [6.45, 7) is 8.08. The molecule has 0 aromatic heterocycles. The van der Waals surface area contributed by atoms with Gasteiger partial charge in [-0.3, -0.25) is 4.79 Å². The van der Waals surface area contributed by atoms with Crippen LogP contribution < -0.4 is 9.64 Å². The van der Waals surface area contributed by atoms with Crippen LogP contribution in [-0.2, 0) is 20.1 Å². The molecular weight excluding hydrogens is 342 g/mol. The molecule has 0 aliphatic carbocycles. The molecule has 0 N–H and O–H groups in total. The highest BCUT2D eigenvalue weighted by Gasteiger charge is 2.56. The van der Waals surface area contributed by atoms with Gasteiger partial charge in [-0.2, -0.15) is 0 Å². The van der Waals surface area contributed by atoms with Crippen molar-refractivity contribution >= 4 is 11.6 Å². The molecule has 1 spiro atoms. The van der Waals surface area contributed by atoms with E-state index in [1.807, 2.05) is 51.1 Å². The lowest BCUT2D eigenvalue weighted by molar-refractivity contribution is -0.180. The van der Waals surface area contributed by atoms with Gasteiger partial charge in [0.1, 0.15) is 5.75 Å². The van der Waals surface area contributed by atoms with Gasteiger partial charge in [0.05, 0.1) is 25.5 Å². The molecule has 0 unspecified atom stereocenters. The van der Waals surface area contributed by atoms with Crippen molar-refractivity contribution in [3.8, 4) is 5.75 Å². The number of nitrogens with zero attached hydrogens (tertiary/aromatic N) is 1. The maximum atomic E-state index is 13.2. The predicted molar refractivity (Wildman–Crippen MR) is 103 cm³/mol. The first-order valence-electron chi connectivity index (χ1n) is 9.42. The van der Waals surface area contributed by atoms with Crippen molar-refractivity contribution < 1.29 is 19.0 Å². The molecule has 0 atom stereocenters. The summed E-state index contributed by atoms with van der Waals surface area (Å²) in [6.07, 6.45) is 0.725. The van der Waals surface area contributed by atoms with Crippen LogP contribution in [0.2, 0.25) is 0 Å². The smallest absolute Gasteiger partial charge is 0.292 e. The van der Waals surface area contributed by atoms with Crippen molar-refractivity contribution in [2.45, 2.75) is 33.0 Å². The van der Waals surface area contributed by atoms with E-state index in [4.69, 9.17) is 14.2 Å². The number of rotatable bonds is 5. The number of carbonyl (C=O) groups excluding carboxylic acids is 1. The molecule has 142 valence electrons. The van der Waals surface area contributed by atoms with Crippen LogP contribution in [0.3, 0.4) is 0 Å². The molecule has 1 amide bonds. The molecule has 1 fully saturated rings. The molecule has 2 aliphatic rings. The zero-order valence-electron chi connectivity index (χ0n) is 16.1. The Hall–Kier alpha value is -2.37. The highest BCUT2D eigenvalue weighted by molar-refractivity contribution is 6.07. The van der Waals surface area contributed by atoms with Crippen LogP contribution in [0.5, 0.6) is 5.75 Å². The molecule has 2 aromatic rings. The minimum absolute atomic E-state index is 0.126. The van der Waals surface area contributed by atoms with Crippen LogP contribution >= 0.6 is 0 Å². The van der Waals surface area contributed by atoms with E-state index in [2.05, 4.69) is 6.07 Å². The molecule has 0 saturated carbocycles. The second-order valence-corrected chi connectivity index (χ2v) is 7.26. The molecule has 2 aliphatic heterocycles. The zero-order valence-corrected chi connectivity index (χ0v) is 16.1. The fraction of sp³-hybridized carbons (Fsp3) is 0.409. The minimum Gasteiger partial charge on any atom is -0.494 e. The summed E-state index contributed by atoms with van der Waals surface area (Å²) in [4.78, 5) is 15.0. The van der Waals surface area contributed by atoms with Crippen molar-refractivity contribution in [2.24, 2.45) is 0 Å². The Kier molecular flexibility index (Phi) is 4.66. The lowest BCUT2D eigenvalue weighted by Crippen LogP contribution is -2.41. The number of fused-ring (bicyclic) bond motifs is 2. The monoisotopic (exact) mass is 367 g/mol. The number of hydrogen-bond donors (Lipinski definition) is 0. The van der Waals surface area contributed by atoms with Crippen molar-refractivity contribution in [1.82, 2.24) is 0 Å². The molecule has 2 heterocycles. The fourth-order valence-electron chi connectivity index (χ4n) is 3.92. The number of amides is 1. The first-order chi connectivity index (χ1) is 13.0. The zero-order chi connectivity index (χ0) is 19.0. The lowest BCUT2D eigenvalue weighted by Gasteiger charge is -2.22. The first kappa shape index (κ1) is 18.0. The fourth-order valence-corrected chi connectivity index (χ4v) is 3.92. The van der Waals surface area contributed by atoms with E-state index in [0.717, 1.165) is 34.5 Å². The average Bonchev–Trinajstić information content (AvgIpc) is 3.21. The van der Waals surface area contributed by atoms with Gasteiger partial charge in [0, 0.05) is 12.1 Å². The van der Waals surface area contributed by atoms with Crippen molar-refractivity contribution in [1.29, 1.82) is 0 Å². The highest BCUT2D eigenvalue weighted by Crippen LogP contribution is 2.47. The standard InChI is InChI=1S/C22H25NO4/c1-15-5-7-18(8-6-15)25-10-4-9-23-20-17(3)13-16(2)14-19(20)22(21(23)24)26-11-12-27-22/h5-8,13-14H,4,9-12H2,1-3H3. The molecule has 0 bridgehead atoms. The summed E-state index contributed by atoms with van der Waals surface area (Å²) in [5.41, 5.74) is 5.12. The Bertz CT molecular complexity index is 853. The van der Waals surface area contributed by atoms with Crippen LogP contribution in [0.15, 0.2) is 36.4 Å². The van der Waals surface area contributed by atoms with Gasteiger partial charge in [-0.05, 0) is 51.0 Å². The topological polar surface area (TPSA) is 48.0 Å². The van der Waals surface area contributed by atoms with Crippen LogP contribution in [0.4, 0.5) is 5.69 Å². The molecule has 5 heteroatoms. The number of benzene rings is 2. The molecule has 5 nitrogen and oxygen atoms in total. The summed E-state index contributed by atoms with van der Waals surface area (Å²) < 4.78 is 17.5. The Balaban J connectivity index is 1.50. The molecular formula is C22H25NO4. The highest BCUT2D eigenvalue weighted by atomic mass is 16.7. The molecule has 4 rings (SSSR count). The average molecular weight is 367 g/mol. The van der Waals surface area contributed by atoms with Gasteiger partial charge < -0.3 is 19.1 Å². The maximum absolute atomic E-state index is 13.2. The Morgan fingerprint density at radius 2 is 1.74 bits per heavy atom. The number of hydrogen-bond acceptors (Lipinski definition) is 4. The number of carbonyl (C=O) groups is 1. The third-order valence-electron chi connectivity index (χ3n) is 5.11. The molecule has 1 saturated heterocycles. The van der Waals surface area contributed by atoms with Gasteiger partial charge in [-0.25, -0.2) is 0 Å². The third kappa shape index (κ3) is 3.11. The molecule has 2 aromatic carbocycles. The van der Waals surface area contributed by atoms with Gasteiger partial charge >= 0.3 is 0 Å². The Morgan fingerprint density at radius 1 is 1.04 bits per heavy atom. The second-order valence-electron chi connectivity index (χ2n) is 7.26. The van der Waals surface area contributed by atoms with Crippen molar-refractivity contribution in [3.05, 3.63) is 58.7 Å². The lowest BCUT2D eigenvalue weighted by atomic mass is 10.0. The summed E-state index contributed by atoms with van der Waals surface area (Å²) in [5.74, 6) is -0.539. The van der Waals surface area contributed by atoms with E-state index >= 15 is 0 Å². The van der Waals surface area contributed by atoms with Gasteiger partial charge in [-0.15, -0.1) is 0 Å². The van der Waals surface area contributed by atoms with Crippen LogP contribution in [0.1, 0.15) is 28.7 Å². The number of anilines is 1. The third-order valence-corrected chi connectivity index (χ3v) is 5.11. The quantitative estimate of drug-likeness (QED) is 0.757. The van der Waals surface area contributed by atoms with E-state index in [9.17, 15) is 4.79 Å². The van der Waals surface area contributed by atoms with E-state index in [-0.39, 0.29) is 5.91 Å². The van der Waals surface area contributed by atoms with Crippen molar-refractivity contribution in [3.63, 3.8) is 0 Å². The van der Waals surface area contributed by atoms with E-state index in [1.54, 1.807) is 4.90 Å². The summed E-state index contributed by atoms with van der Waals surface area (Å²) in [7, 11) is 0. The SMILES string of the molecule is Cc1ccc(OCCCN2C(=O)C3(OCCO3)c3cc(C)cc(C)c32)cc1. The summed E-state index contributed by atoms with van der Waals surface area (Å²) in [5, 5.41) is 0. The van der Waals surface area contributed by atoms with Crippen LogP contribution in [0.25, 0.3) is 0 Å². The summed E-state index contributed by atoms with van der Waals surface area (Å²) in [6, 6.07) is 12.1. The molecule has 0 radical (unpaired) electrons.